The van der Waals surface area contributed by atoms with E-state index in [0.29, 0.717) is 23.4 Å². The van der Waals surface area contributed by atoms with Crippen molar-refractivity contribution in [2.75, 3.05) is 16.0 Å². The molecule has 2 aliphatic rings. The van der Waals surface area contributed by atoms with Gasteiger partial charge in [0.05, 0.1) is 30.9 Å². The molecule has 0 aliphatic carbocycles. The number of benzene rings is 4. The third-order valence-electron chi connectivity index (χ3n) is 8.30. The number of aliphatic hydroxyl groups excluding tert-OH is 1. The molecule has 0 bridgehead atoms. The van der Waals surface area contributed by atoms with E-state index in [9.17, 15) is 24.3 Å². The molecule has 3 N–H and O–H groups in total. The molecule has 11 nitrogen and oxygen atoms in total. The molecule has 4 aromatic carbocycles. The third kappa shape index (κ3) is 8.77. The van der Waals surface area contributed by atoms with E-state index in [0.717, 1.165) is 32.2 Å². The van der Waals surface area contributed by atoms with Crippen molar-refractivity contribution in [1.82, 2.24) is 5.32 Å². The van der Waals surface area contributed by atoms with Crippen LogP contribution in [-0.2, 0) is 41.8 Å². The highest BCUT2D eigenvalue weighted by Gasteiger charge is 2.41. The van der Waals surface area contributed by atoms with E-state index in [4.69, 9.17) is 14.2 Å². The van der Waals surface area contributed by atoms with Crippen LogP contribution in [0.25, 0.3) is 0 Å². The Bertz CT molecular complexity index is 1800. The third-order valence-corrected chi connectivity index (χ3v) is 9.44. The molecule has 0 radical (unpaired) electrons. The maximum atomic E-state index is 13.2. The summed E-state index contributed by atoms with van der Waals surface area (Å²) in [7, 11) is 0. The van der Waals surface area contributed by atoms with E-state index in [1.165, 1.54) is 6.92 Å². The SMILES string of the molecule is CC(=O)Nc1ccc(SCC2CC(c3ccc(CO)cc3)OC(c3ccc(N4C(=O)CC(NC(=O)OCc5ccccc5)C4=O)cc3)O2)cc1. The highest BCUT2D eigenvalue weighted by molar-refractivity contribution is 7.99. The van der Waals surface area contributed by atoms with Gasteiger partial charge in [-0.1, -0.05) is 66.7 Å². The number of nitrogens with one attached hydrogen (secondary N) is 2. The molecule has 0 saturated carbocycles. The summed E-state index contributed by atoms with van der Waals surface area (Å²) in [5.74, 6) is -0.468. The Hall–Kier alpha value is -5.01. The van der Waals surface area contributed by atoms with Crippen molar-refractivity contribution < 1.29 is 38.5 Å². The Kier molecular flexibility index (Phi) is 11.2. The Morgan fingerprint density at radius 3 is 2.26 bits per heavy atom. The van der Waals surface area contributed by atoms with Crippen LogP contribution in [0.5, 0.6) is 0 Å². The number of ether oxygens (including phenoxy) is 3. The van der Waals surface area contributed by atoms with Crippen molar-refractivity contribution >= 4 is 47.0 Å². The monoisotopic (exact) mass is 695 g/mol. The van der Waals surface area contributed by atoms with Gasteiger partial charge in [0.15, 0.2) is 6.29 Å². The van der Waals surface area contributed by atoms with Crippen molar-refractivity contribution in [1.29, 1.82) is 0 Å². The molecule has 2 saturated heterocycles. The van der Waals surface area contributed by atoms with Crippen molar-refractivity contribution in [2.24, 2.45) is 0 Å². The molecule has 50 heavy (non-hydrogen) atoms. The quantitative estimate of drug-likeness (QED) is 0.127. The van der Waals surface area contributed by atoms with Crippen molar-refractivity contribution in [2.45, 2.75) is 62.4 Å². The number of hydrogen-bond acceptors (Lipinski definition) is 9. The van der Waals surface area contributed by atoms with Crippen molar-refractivity contribution in [3.63, 3.8) is 0 Å². The van der Waals surface area contributed by atoms with Crippen LogP contribution in [0.3, 0.4) is 0 Å². The fourth-order valence-corrected chi connectivity index (χ4v) is 6.67. The van der Waals surface area contributed by atoms with Gasteiger partial charge in [-0.25, -0.2) is 9.69 Å². The normalized spacial score (nSPS) is 20.4. The molecule has 4 atom stereocenters. The second kappa shape index (κ2) is 16.1. The van der Waals surface area contributed by atoms with Crippen LogP contribution in [0.4, 0.5) is 16.2 Å². The number of alkyl carbamates (subject to hydrolysis) is 1. The zero-order chi connectivity index (χ0) is 35.0. The Morgan fingerprint density at radius 2 is 1.58 bits per heavy atom. The molecule has 4 aromatic rings. The van der Waals surface area contributed by atoms with Gasteiger partial charge in [0.1, 0.15) is 12.6 Å². The number of carbonyl (C=O) groups excluding carboxylic acids is 4. The minimum absolute atomic E-state index is 0.0411. The van der Waals surface area contributed by atoms with Crippen LogP contribution in [0.1, 0.15) is 54.4 Å². The van der Waals surface area contributed by atoms with Gasteiger partial charge < -0.3 is 30.0 Å². The van der Waals surface area contributed by atoms with Crippen molar-refractivity contribution in [3.8, 4) is 0 Å². The molecule has 0 spiro atoms. The summed E-state index contributed by atoms with van der Waals surface area (Å²) >= 11 is 1.63. The topological polar surface area (TPSA) is 144 Å². The summed E-state index contributed by atoms with van der Waals surface area (Å²) in [4.78, 5) is 52.0. The number of carbonyl (C=O) groups is 4. The number of hydrogen-bond donors (Lipinski definition) is 3. The first kappa shape index (κ1) is 34.8. The van der Waals surface area contributed by atoms with Gasteiger partial charge in [0.25, 0.3) is 5.91 Å². The standard InChI is InChI=1S/C38H37N3O8S/c1-24(43)39-29-13-17-32(18-14-29)50-23-31-19-34(27-9-7-25(21-42)8-10-27)49-37(48-31)28-11-15-30(16-12-28)41-35(44)20-33(36(41)45)40-38(46)47-22-26-5-3-2-4-6-26/h2-18,31,33-34,37,42H,19-23H2,1H3,(H,39,43)(H,40,46). The van der Waals surface area contributed by atoms with E-state index in [2.05, 4.69) is 10.6 Å². The molecule has 2 aliphatic heterocycles. The summed E-state index contributed by atoms with van der Waals surface area (Å²) in [6, 6.07) is 30.2. The van der Waals surface area contributed by atoms with Crippen LogP contribution in [0.2, 0.25) is 0 Å². The number of anilines is 2. The Balaban J connectivity index is 1.12. The van der Waals surface area contributed by atoms with Gasteiger partial charge in [-0.05, 0) is 53.1 Å². The highest BCUT2D eigenvalue weighted by Crippen LogP contribution is 2.40. The Morgan fingerprint density at radius 1 is 0.880 bits per heavy atom. The first-order valence-corrected chi connectivity index (χ1v) is 17.2. The van der Waals surface area contributed by atoms with Gasteiger partial charge in [-0.3, -0.25) is 14.4 Å². The summed E-state index contributed by atoms with van der Waals surface area (Å²) in [5, 5.41) is 14.8. The molecule has 4 amide bonds. The molecule has 4 unspecified atom stereocenters. The molecule has 0 aromatic heterocycles. The van der Waals surface area contributed by atoms with E-state index < -0.39 is 30.2 Å². The number of amides is 4. The lowest BCUT2D eigenvalue weighted by Gasteiger charge is -2.36. The zero-order valence-corrected chi connectivity index (χ0v) is 28.1. The minimum atomic E-state index is -1.03. The summed E-state index contributed by atoms with van der Waals surface area (Å²) in [5.41, 5.74) is 4.36. The number of rotatable bonds is 11. The lowest BCUT2D eigenvalue weighted by molar-refractivity contribution is -0.245. The first-order chi connectivity index (χ1) is 24.2. The Labute approximate surface area is 293 Å². The predicted octanol–water partition coefficient (Wildman–Crippen LogP) is 6.03. The summed E-state index contributed by atoms with van der Waals surface area (Å²) in [6.07, 6.45) is -1.56. The maximum absolute atomic E-state index is 13.2. The van der Waals surface area contributed by atoms with Gasteiger partial charge in [0.2, 0.25) is 11.8 Å². The minimum Gasteiger partial charge on any atom is -0.445 e. The fourth-order valence-electron chi connectivity index (χ4n) is 5.75. The molecule has 6 rings (SSSR count). The van der Waals surface area contributed by atoms with Gasteiger partial charge >= 0.3 is 6.09 Å². The molecular formula is C38H37N3O8S. The van der Waals surface area contributed by atoms with Crippen LogP contribution in [0.15, 0.2) is 108 Å². The molecule has 258 valence electrons. The second-order valence-corrected chi connectivity index (χ2v) is 13.1. The average Bonchev–Trinajstić information content (AvgIpc) is 3.41. The summed E-state index contributed by atoms with van der Waals surface area (Å²) < 4.78 is 18.1. The number of nitrogens with zero attached hydrogens (tertiary/aromatic N) is 1. The lowest BCUT2D eigenvalue weighted by atomic mass is 10.0. The van der Waals surface area contributed by atoms with E-state index in [1.807, 2.05) is 78.9 Å². The number of thioether (sulfide) groups is 1. The molecule has 2 heterocycles. The number of imide groups is 1. The van der Waals surface area contributed by atoms with Crippen LogP contribution in [0, 0.1) is 0 Å². The number of aliphatic hydroxyl groups is 1. The lowest BCUT2D eigenvalue weighted by Crippen LogP contribution is -2.42. The van der Waals surface area contributed by atoms with Crippen molar-refractivity contribution in [3.05, 3.63) is 125 Å². The smallest absolute Gasteiger partial charge is 0.408 e. The maximum Gasteiger partial charge on any atom is 0.408 e. The molecule has 12 heteroatoms. The van der Waals surface area contributed by atoms with Crippen LogP contribution >= 0.6 is 11.8 Å². The molecule has 2 fully saturated rings. The predicted molar refractivity (Wildman–Crippen MR) is 187 cm³/mol. The summed E-state index contributed by atoms with van der Waals surface area (Å²) in [6.45, 7) is 1.46. The largest absolute Gasteiger partial charge is 0.445 e. The van der Waals surface area contributed by atoms with Gasteiger partial charge in [-0.15, -0.1) is 11.8 Å². The van der Waals surface area contributed by atoms with E-state index in [-0.39, 0.29) is 37.7 Å². The van der Waals surface area contributed by atoms with E-state index in [1.54, 1.807) is 36.0 Å². The zero-order valence-electron chi connectivity index (χ0n) is 27.3. The fraction of sp³-hybridized carbons (Fsp3) is 0.263. The van der Waals surface area contributed by atoms with Crippen LogP contribution in [-0.4, -0.2) is 46.8 Å². The van der Waals surface area contributed by atoms with Gasteiger partial charge in [-0.2, -0.15) is 0 Å². The average molecular weight is 696 g/mol. The van der Waals surface area contributed by atoms with Crippen LogP contribution < -0.4 is 15.5 Å². The molecular weight excluding hydrogens is 658 g/mol. The van der Waals surface area contributed by atoms with E-state index >= 15 is 0 Å². The van der Waals surface area contributed by atoms with Gasteiger partial charge in [0, 0.05) is 35.2 Å². The second-order valence-electron chi connectivity index (χ2n) is 12.0. The highest BCUT2D eigenvalue weighted by atomic mass is 32.2. The first-order valence-electron chi connectivity index (χ1n) is 16.2.